The summed E-state index contributed by atoms with van der Waals surface area (Å²) in [6.45, 7) is 0. The van der Waals surface area contributed by atoms with Crippen LogP contribution in [0.3, 0.4) is 0 Å². The summed E-state index contributed by atoms with van der Waals surface area (Å²) >= 11 is 13.8. The molecule has 1 aliphatic carbocycles. The summed E-state index contributed by atoms with van der Waals surface area (Å²) in [5.74, 6) is -0.869. The van der Waals surface area contributed by atoms with E-state index in [1.165, 1.54) is 24.3 Å². The molecule has 0 saturated carbocycles. The quantitative estimate of drug-likeness (QED) is 0.139. The predicted octanol–water partition coefficient (Wildman–Crippen LogP) is 7.02. The number of fused-ring (bicyclic) bond motifs is 2. The molecular formula is C20H8Br4O5. The molecule has 29 heavy (non-hydrogen) atoms. The van der Waals surface area contributed by atoms with Gasteiger partial charge in [0.2, 0.25) is 0 Å². The van der Waals surface area contributed by atoms with E-state index in [-0.39, 0.29) is 22.5 Å². The molecule has 0 atom stereocenters. The van der Waals surface area contributed by atoms with Crippen LogP contribution in [0, 0.1) is 0 Å². The van der Waals surface area contributed by atoms with Gasteiger partial charge in [-0.05, 0) is 88.0 Å². The van der Waals surface area contributed by atoms with Crippen molar-refractivity contribution in [1.82, 2.24) is 0 Å². The lowest BCUT2D eigenvalue weighted by molar-refractivity contribution is 0.0696. The van der Waals surface area contributed by atoms with Crippen molar-refractivity contribution in [1.29, 1.82) is 0 Å². The lowest BCUT2D eigenvalue weighted by atomic mass is 9.91. The maximum atomic E-state index is 12.2. The second-order valence-corrected chi connectivity index (χ2v) is 9.30. The Kier molecular flexibility index (Phi) is 5.35. The number of phenolic OH excluding ortho intramolecular Hbond substituents is 1. The lowest BCUT2D eigenvalue weighted by Gasteiger charge is -2.20. The molecule has 0 saturated heterocycles. The lowest BCUT2D eigenvalue weighted by Crippen LogP contribution is -2.06. The van der Waals surface area contributed by atoms with Crippen LogP contribution in [-0.2, 0) is 0 Å². The minimum Gasteiger partial charge on any atom is -0.508 e. The van der Waals surface area contributed by atoms with Gasteiger partial charge >= 0.3 is 5.97 Å². The van der Waals surface area contributed by atoms with Gasteiger partial charge in [-0.2, -0.15) is 0 Å². The van der Waals surface area contributed by atoms with Crippen molar-refractivity contribution >= 4 is 80.7 Å². The van der Waals surface area contributed by atoms with Gasteiger partial charge in [0, 0.05) is 52.1 Å². The van der Waals surface area contributed by atoms with Gasteiger partial charge < -0.3 is 14.6 Å². The average molecular weight is 648 g/mol. The molecule has 2 aliphatic rings. The smallest absolute Gasteiger partial charge is 0.337 e. The summed E-state index contributed by atoms with van der Waals surface area (Å²) in [6, 6.07) is 8.89. The average Bonchev–Trinajstić information content (AvgIpc) is 2.66. The van der Waals surface area contributed by atoms with Gasteiger partial charge in [0.05, 0.1) is 5.56 Å². The molecule has 0 amide bonds. The van der Waals surface area contributed by atoms with Crippen molar-refractivity contribution in [3.63, 3.8) is 0 Å². The summed E-state index contributed by atoms with van der Waals surface area (Å²) in [4.78, 5) is 24.1. The van der Waals surface area contributed by atoms with E-state index in [2.05, 4.69) is 63.7 Å². The van der Waals surface area contributed by atoms with Crippen LogP contribution in [0.5, 0.6) is 5.75 Å². The first-order chi connectivity index (χ1) is 13.7. The Hall–Kier alpha value is -1.68. The summed E-state index contributed by atoms with van der Waals surface area (Å²) < 4.78 is 7.87. The standard InChI is InChI=1S/C20H8Br4O5/c21-16-14(15(20(27)28)17(22)19(24)18(16)23)13-9-3-1-7(25)5-11(9)29-12-6-8(26)2-4-10(12)13/h1-6,25H,(H,27,28). The number of hydrogen-bond acceptors (Lipinski definition) is 4. The van der Waals surface area contributed by atoms with E-state index in [0.717, 1.165) is 0 Å². The maximum absolute atomic E-state index is 12.2. The van der Waals surface area contributed by atoms with E-state index in [0.29, 0.717) is 45.6 Å². The van der Waals surface area contributed by atoms with Crippen LogP contribution in [0.2, 0.25) is 0 Å². The first-order valence-electron chi connectivity index (χ1n) is 8.00. The number of carbonyl (C=O) groups is 1. The molecule has 0 unspecified atom stereocenters. The zero-order valence-corrected chi connectivity index (χ0v) is 20.4. The monoisotopic (exact) mass is 644 g/mol. The minimum atomic E-state index is -1.14. The number of carboxylic acid groups (broad SMARTS) is 1. The largest absolute Gasteiger partial charge is 0.508 e. The summed E-state index contributed by atoms with van der Waals surface area (Å²) in [6.07, 6.45) is 0. The van der Waals surface area contributed by atoms with Gasteiger partial charge in [0.25, 0.3) is 0 Å². The van der Waals surface area contributed by atoms with Crippen molar-refractivity contribution in [2.45, 2.75) is 0 Å². The zero-order chi connectivity index (χ0) is 21.0. The molecule has 0 radical (unpaired) electrons. The third-order valence-corrected chi connectivity index (χ3v) is 9.18. The van der Waals surface area contributed by atoms with Gasteiger partial charge in [0.1, 0.15) is 17.1 Å². The molecule has 1 heterocycles. The SMILES string of the molecule is O=C(O)c1c(Br)c(Br)c(Br)c(Br)c1-c1c2ccc(=O)cc-2oc2cc(O)ccc12. The fourth-order valence-electron chi connectivity index (χ4n) is 3.20. The Balaban J connectivity index is 2.31. The number of aromatic carboxylic acids is 1. The zero-order valence-electron chi connectivity index (χ0n) is 14.1. The van der Waals surface area contributed by atoms with Crippen LogP contribution in [0.25, 0.3) is 33.4 Å². The molecule has 9 heteroatoms. The van der Waals surface area contributed by atoms with Crippen molar-refractivity contribution in [3.8, 4) is 28.2 Å². The molecule has 146 valence electrons. The number of hydrogen-bond donors (Lipinski definition) is 2. The molecule has 1 aliphatic heterocycles. The van der Waals surface area contributed by atoms with Crippen molar-refractivity contribution in [2.75, 3.05) is 0 Å². The topological polar surface area (TPSA) is 87.7 Å². The van der Waals surface area contributed by atoms with E-state index >= 15 is 0 Å². The van der Waals surface area contributed by atoms with Crippen molar-refractivity contribution in [3.05, 3.63) is 70.1 Å². The molecule has 5 nitrogen and oxygen atoms in total. The highest BCUT2D eigenvalue weighted by atomic mass is 79.9. The number of benzene rings is 3. The molecule has 0 fully saturated rings. The second kappa shape index (κ2) is 7.54. The molecule has 2 aromatic rings. The number of halogens is 4. The highest BCUT2D eigenvalue weighted by molar-refractivity contribution is 9.15. The van der Waals surface area contributed by atoms with Gasteiger partial charge in [-0.15, -0.1) is 0 Å². The fraction of sp³-hybridized carbons (Fsp3) is 0. The highest BCUT2D eigenvalue weighted by Gasteiger charge is 2.29. The molecule has 0 aromatic heterocycles. The number of rotatable bonds is 2. The highest BCUT2D eigenvalue weighted by Crippen LogP contribution is 2.50. The van der Waals surface area contributed by atoms with E-state index in [4.69, 9.17) is 4.42 Å². The Morgan fingerprint density at radius 1 is 0.862 bits per heavy atom. The van der Waals surface area contributed by atoms with Gasteiger partial charge in [-0.3, -0.25) is 4.79 Å². The Bertz CT molecular complexity index is 1360. The summed E-state index contributed by atoms with van der Waals surface area (Å²) in [5, 5.41) is 20.5. The maximum Gasteiger partial charge on any atom is 0.337 e. The summed E-state index contributed by atoms with van der Waals surface area (Å²) in [5.41, 5.74) is 1.61. The number of carboxylic acids is 1. The Morgan fingerprint density at radius 3 is 2.24 bits per heavy atom. The molecular weight excluding hydrogens is 640 g/mol. The third-order valence-electron chi connectivity index (χ3n) is 4.41. The second-order valence-electron chi connectivity index (χ2n) is 6.13. The first kappa shape index (κ1) is 20.6. The van der Waals surface area contributed by atoms with Gasteiger partial charge in [-0.25, -0.2) is 4.79 Å². The van der Waals surface area contributed by atoms with Crippen LogP contribution >= 0.6 is 63.7 Å². The normalized spacial score (nSPS) is 11.3. The molecule has 2 N–H and O–H groups in total. The minimum absolute atomic E-state index is 0.0134. The molecule has 4 rings (SSSR count). The number of phenols is 1. The van der Waals surface area contributed by atoms with Crippen LogP contribution < -0.4 is 5.43 Å². The van der Waals surface area contributed by atoms with E-state index in [9.17, 15) is 19.8 Å². The van der Waals surface area contributed by atoms with Crippen molar-refractivity contribution < 1.29 is 19.4 Å². The fourth-order valence-corrected chi connectivity index (χ4v) is 5.68. The van der Waals surface area contributed by atoms with Gasteiger partial charge in [0.15, 0.2) is 5.43 Å². The Morgan fingerprint density at radius 2 is 1.55 bits per heavy atom. The van der Waals surface area contributed by atoms with Crippen LogP contribution in [0.15, 0.2) is 63.5 Å². The Labute approximate surface area is 197 Å². The molecule has 0 bridgehead atoms. The first-order valence-corrected chi connectivity index (χ1v) is 11.2. The predicted molar refractivity (Wildman–Crippen MR) is 124 cm³/mol. The van der Waals surface area contributed by atoms with Crippen LogP contribution in [0.4, 0.5) is 0 Å². The van der Waals surface area contributed by atoms with Crippen LogP contribution in [0.1, 0.15) is 10.4 Å². The van der Waals surface area contributed by atoms with E-state index in [1.807, 2.05) is 0 Å². The molecule has 2 aromatic carbocycles. The van der Waals surface area contributed by atoms with E-state index in [1.54, 1.807) is 12.1 Å². The van der Waals surface area contributed by atoms with Gasteiger partial charge in [-0.1, -0.05) is 0 Å². The van der Waals surface area contributed by atoms with Crippen LogP contribution in [-0.4, -0.2) is 16.2 Å². The van der Waals surface area contributed by atoms with E-state index < -0.39 is 5.97 Å². The number of aromatic hydroxyl groups is 1. The summed E-state index contributed by atoms with van der Waals surface area (Å²) in [7, 11) is 0. The third kappa shape index (κ3) is 3.34. The van der Waals surface area contributed by atoms with Crippen molar-refractivity contribution in [2.24, 2.45) is 0 Å². The molecule has 0 spiro atoms.